The van der Waals surface area contributed by atoms with Gasteiger partial charge in [-0.25, -0.2) is 14.6 Å². The summed E-state index contributed by atoms with van der Waals surface area (Å²) in [5, 5.41) is 14.1. The van der Waals surface area contributed by atoms with Gasteiger partial charge in [0.05, 0.1) is 17.8 Å². The van der Waals surface area contributed by atoms with E-state index in [1.807, 2.05) is 0 Å². The molecule has 6 heteroatoms. The van der Waals surface area contributed by atoms with E-state index in [1.54, 1.807) is 24.7 Å². The molecular weight excluding hydrogens is 230 g/mol. The Morgan fingerprint density at radius 1 is 1.50 bits per heavy atom. The van der Waals surface area contributed by atoms with Crippen LogP contribution in [0.25, 0.3) is 11.2 Å². The summed E-state index contributed by atoms with van der Waals surface area (Å²) in [6.07, 6.45) is 4.14. The molecule has 0 aromatic carbocycles. The number of hydrogen-bond donors (Lipinski definition) is 2. The summed E-state index contributed by atoms with van der Waals surface area (Å²) >= 11 is 0. The van der Waals surface area contributed by atoms with E-state index in [-0.39, 0.29) is 0 Å². The lowest BCUT2D eigenvalue weighted by Crippen LogP contribution is -2.27. The van der Waals surface area contributed by atoms with Crippen LogP contribution in [0.5, 0.6) is 0 Å². The second-order valence-electron chi connectivity index (χ2n) is 5.60. The number of nitrogens with two attached hydrogens (primary N) is 1. The minimum atomic E-state index is -0.858. The van der Waals surface area contributed by atoms with Crippen molar-refractivity contribution in [2.45, 2.75) is 44.8 Å². The second kappa shape index (κ2) is 3.65. The third-order valence-electron chi connectivity index (χ3n) is 3.02. The highest BCUT2D eigenvalue weighted by molar-refractivity contribution is 5.81. The molecule has 0 unspecified atom stereocenters. The molecule has 0 atom stereocenters. The highest BCUT2D eigenvalue weighted by atomic mass is 16.3. The predicted octanol–water partition coefficient (Wildman–Crippen LogP) is 1.06. The number of aliphatic hydroxyl groups is 1. The van der Waals surface area contributed by atoms with Crippen molar-refractivity contribution in [1.29, 1.82) is 0 Å². The normalized spacial score (nSPS) is 16.4. The summed E-state index contributed by atoms with van der Waals surface area (Å²) < 4.78 is 1.64. The fraction of sp³-hybridized carbons (Fsp3) is 0.583. The highest BCUT2D eigenvalue weighted by Crippen LogP contribution is 2.39. The Morgan fingerprint density at radius 3 is 2.83 bits per heavy atom. The fourth-order valence-electron chi connectivity index (χ4n) is 2.03. The lowest BCUT2D eigenvalue weighted by Gasteiger charge is -2.16. The third-order valence-corrected chi connectivity index (χ3v) is 3.02. The molecule has 2 heterocycles. The first kappa shape index (κ1) is 11.4. The van der Waals surface area contributed by atoms with Crippen LogP contribution in [0.3, 0.4) is 0 Å². The molecule has 0 spiro atoms. The summed E-state index contributed by atoms with van der Waals surface area (Å²) in [4.78, 5) is 8.93. The molecule has 3 rings (SSSR count). The monoisotopic (exact) mass is 247 g/mol. The van der Waals surface area contributed by atoms with Gasteiger partial charge >= 0.3 is 0 Å². The van der Waals surface area contributed by atoms with Crippen molar-refractivity contribution >= 4 is 17.0 Å². The molecule has 96 valence electrons. The van der Waals surface area contributed by atoms with E-state index in [1.165, 1.54) is 12.8 Å². The topological polar surface area (TPSA) is 89.8 Å². The Hall–Kier alpha value is -1.69. The summed E-state index contributed by atoms with van der Waals surface area (Å²) in [6, 6.07) is 0. The molecule has 0 aliphatic heterocycles. The van der Waals surface area contributed by atoms with Crippen LogP contribution in [0.4, 0.5) is 5.82 Å². The summed E-state index contributed by atoms with van der Waals surface area (Å²) in [6.45, 7) is 3.81. The molecule has 1 aliphatic rings. The van der Waals surface area contributed by atoms with Crippen LogP contribution in [0, 0.1) is 0 Å². The van der Waals surface area contributed by atoms with E-state index in [0.29, 0.717) is 29.4 Å². The van der Waals surface area contributed by atoms with Gasteiger partial charge in [-0.2, -0.15) is 5.10 Å². The number of nitrogens with zero attached hydrogens (tertiary/aromatic N) is 4. The first-order chi connectivity index (χ1) is 8.44. The van der Waals surface area contributed by atoms with Crippen molar-refractivity contribution in [3.63, 3.8) is 0 Å². The molecule has 6 nitrogen and oxygen atoms in total. The molecule has 1 fully saturated rings. The number of aromatic nitrogens is 4. The van der Waals surface area contributed by atoms with Crippen molar-refractivity contribution in [3.05, 3.63) is 11.9 Å². The van der Waals surface area contributed by atoms with Crippen LogP contribution in [0.15, 0.2) is 6.20 Å². The maximum atomic E-state index is 9.88. The van der Waals surface area contributed by atoms with E-state index in [0.717, 1.165) is 5.69 Å². The van der Waals surface area contributed by atoms with Gasteiger partial charge in [0.1, 0.15) is 0 Å². The van der Waals surface area contributed by atoms with Gasteiger partial charge in [0.15, 0.2) is 17.0 Å². The van der Waals surface area contributed by atoms with Gasteiger partial charge in [-0.3, -0.25) is 0 Å². The van der Waals surface area contributed by atoms with Crippen LogP contribution in [0.1, 0.15) is 38.3 Å². The molecule has 0 radical (unpaired) electrons. The minimum Gasteiger partial charge on any atom is -0.389 e. The Balaban J connectivity index is 2.09. The first-order valence-corrected chi connectivity index (χ1v) is 6.15. The third kappa shape index (κ3) is 2.03. The first-order valence-electron chi connectivity index (χ1n) is 6.15. The van der Waals surface area contributed by atoms with Gasteiger partial charge in [0, 0.05) is 12.1 Å². The van der Waals surface area contributed by atoms with E-state index in [9.17, 15) is 5.11 Å². The quantitative estimate of drug-likeness (QED) is 0.846. The minimum absolute atomic E-state index is 0.351. The van der Waals surface area contributed by atoms with Gasteiger partial charge < -0.3 is 10.8 Å². The van der Waals surface area contributed by atoms with Gasteiger partial charge in [-0.1, -0.05) is 0 Å². The Bertz CT molecular complexity index is 594. The zero-order valence-corrected chi connectivity index (χ0v) is 10.6. The summed E-state index contributed by atoms with van der Waals surface area (Å²) in [5.41, 5.74) is 7.24. The maximum absolute atomic E-state index is 9.88. The SMILES string of the molecule is CC(C)(O)Cn1nc(N)c2ncc(C3CC3)nc21. The summed E-state index contributed by atoms with van der Waals surface area (Å²) in [7, 11) is 0. The van der Waals surface area contributed by atoms with E-state index in [2.05, 4.69) is 15.1 Å². The molecule has 1 saturated carbocycles. The van der Waals surface area contributed by atoms with E-state index < -0.39 is 5.60 Å². The average molecular weight is 247 g/mol. The Morgan fingerprint density at radius 2 is 2.22 bits per heavy atom. The second-order valence-corrected chi connectivity index (χ2v) is 5.60. The van der Waals surface area contributed by atoms with Crippen molar-refractivity contribution in [3.8, 4) is 0 Å². The van der Waals surface area contributed by atoms with Crippen LogP contribution in [-0.2, 0) is 6.54 Å². The molecule has 0 amide bonds. The van der Waals surface area contributed by atoms with Crippen molar-refractivity contribution < 1.29 is 5.11 Å². The zero-order chi connectivity index (χ0) is 12.9. The highest BCUT2D eigenvalue weighted by Gasteiger charge is 2.27. The molecular formula is C12H17N5O. The van der Waals surface area contributed by atoms with Gasteiger partial charge in [-0.15, -0.1) is 0 Å². The lowest BCUT2D eigenvalue weighted by atomic mass is 10.1. The molecule has 1 aliphatic carbocycles. The molecule has 18 heavy (non-hydrogen) atoms. The smallest absolute Gasteiger partial charge is 0.179 e. The standard InChI is InChI=1S/C12H17N5O/c1-12(2,18)6-17-11-9(10(13)16-17)14-5-8(15-11)7-3-4-7/h5,7,18H,3-4,6H2,1-2H3,(H2,13,16). The van der Waals surface area contributed by atoms with Gasteiger partial charge in [-0.05, 0) is 26.7 Å². The van der Waals surface area contributed by atoms with Gasteiger partial charge in [0.25, 0.3) is 0 Å². The zero-order valence-electron chi connectivity index (χ0n) is 10.6. The predicted molar refractivity (Wildman–Crippen MR) is 68.0 cm³/mol. The van der Waals surface area contributed by atoms with E-state index >= 15 is 0 Å². The van der Waals surface area contributed by atoms with Crippen molar-refractivity contribution in [2.24, 2.45) is 0 Å². The lowest BCUT2D eigenvalue weighted by molar-refractivity contribution is 0.0590. The number of anilines is 1. The van der Waals surface area contributed by atoms with Crippen LogP contribution in [0.2, 0.25) is 0 Å². The van der Waals surface area contributed by atoms with Crippen LogP contribution in [-0.4, -0.2) is 30.5 Å². The Kier molecular flexibility index (Phi) is 2.31. The summed E-state index contributed by atoms with van der Waals surface area (Å²) in [5.74, 6) is 0.901. The fourth-order valence-corrected chi connectivity index (χ4v) is 2.03. The molecule has 2 aromatic heterocycles. The molecule has 3 N–H and O–H groups in total. The van der Waals surface area contributed by atoms with E-state index in [4.69, 9.17) is 5.73 Å². The van der Waals surface area contributed by atoms with Gasteiger partial charge in [0.2, 0.25) is 0 Å². The number of fused-ring (bicyclic) bond motifs is 1. The number of hydrogen-bond acceptors (Lipinski definition) is 5. The largest absolute Gasteiger partial charge is 0.389 e. The number of nitrogen functional groups attached to an aromatic ring is 1. The van der Waals surface area contributed by atoms with Crippen molar-refractivity contribution in [1.82, 2.24) is 19.7 Å². The molecule has 2 aromatic rings. The van der Waals surface area contributed by atoms with Crippen LogP contribution < -0.4 is 5.73 Å². The van der Waals surface area contributed by atoms with Crippen molar-refractivity contribution in [2.75, 3.05) is 5.73 Å². The molecule has 0 bridgehead atoms. The Labute approximate surface area is 105 Å². The number of rotatable bonds is 3. The molecule has 0 saturated heterocycles. The van der Waals surface area contributed by atoms with Crippen LogP contribution >= 0.6 is 0 Å². The maximum Gasteiger partial charge on any atom is 0.179 e. The average Bonchev–Trinajstić information content (AvgIpc) is 3.05.